The molecule has 0 atom stereocenters. The number of aromatic nitrogens is 1. The molecule has 0 spiro atoms. The smallest absolute Gasteiger partial charge is 0.311 e. The van der Waals surface area contributed by atoms with Crippen molar-refractivity contribution in [3.05, 3.63) is 27.0 Å². The summed E-state index contributed by atoms with van der Waals surface area (Å²) in [5.74, 6) is -0.384. The fourth-order valence-corrected chi connectivity index (χ4v) is 1.59. The Morgan fingerprint density at radius 3 is 2.94 bits per heavy atom. The summed E-state index contributed by atoms with van der Waals surface area (Å²) < 4.78 is 4.93. The predicted molar refractivity (Wildman–Crippen MR) is 63.7 cm³/mol. The first-order valence-corrected chi connectivity index (χ1v) is 5.44. The van der Waals surface area contributed by atoms with Crippen LogP contribution in [0.1, 0.15) is 6.42 Å². The lowest BCUT2D eigenvalue weighted by molar-refractivity contribution is -0.384. The van der Waals surface area contributed by atoms with E-state index >= 15 is 0 Å². The van der Waals surface area contributed by atoms with Gasteiger partial charge in [0, 0.05) is 12.7 Å². The van der Waals surface area contributed by atoms with Crippen LogP contribution in [0.4, 0.5) is 11.4 Å². The van der Waals surface area contributed by atoms with Crippen LogP contribution in [-0.4, -0.2) is 29.5 Å². The first-order valence-electron chi connectivity index (χ1n) is 4.65. The molecule has 0 amide bonds. The molecule has 1 heterocycles. The first-order chi connectivity index (χ1) is 8.06. The van der Waals surface area contributed by atoms with Gasteiger partial charge in [0.05, 0.1) is 22.9 Å². The SMILES string of the molecule is COC(=O)CCNc1c(Br)cncc1[N+](=O)[O-]. The van der Waals surface area contributed by atoms with Crippen molar-refractivity contribution in [1.29, 1.82) is 0 Å². The Morgan fingerprint density at radius 2 is 2.35 bits per heavy atom. The van der Waals surface area contributed by atoms with Crippen LogP contribution in [0, 0.1) is 10.1 Å². The summed E-state index contributed by atoms with van der Waals surface area (Å²) in [5.41, 5.74) is 0.151. The molecule has 0 bridgehead atoms. The Morgan fingerprint density at radius 1 is 1.65 bits per heavy atom. The number of hydrogen-bond donors (Lipinski definition) is 1. The molecule has 92 valence electrons. The van der Waals surface area contributed by atoms with Gasteiger partial charge in [-0.15, -0.1) is 0 Å². The van der Waals surface area contributed by atoms with Crippen molar-refractivity contribution in [2.45, 2.75) is 6.42 Å². The molecule has 0 aliphatic heterocycles. The Bertz CT molecular complexity index is 438. The van der Waals surface area contributed by atoms with Gasteiger partial charge < -0.3 is 10.1 Å². The number of esters is 1. The van der Waals surface area contributed by atoms with E-state index in [0.29, 0.717) is 10.2 Å². The number of nitrogens with one attached hydrogen (secondary N) is 1. The fraction of sp³-hybridized carbons (Fsp3) is 0.333. The summed E-state index contributed by atoms with van der Waals surface area (Å²) in [6.45, 7) is 0.246. The van der Waals surface area contributed by atoms with E-state index in [-0.39, 0.29) is 24.6 Å². The maximum absolute atomic E-state index is 10.9. The molecule has 0 saturated heterocycles. The fourth-order valence-electron chi connectivity index (χ4n) is 1.13. The zero-order valence-electron chi connectivity index (χ0n) is 8.97. The maximum atomic E-state index is 10.9. The third kappa shape index (κ3) is 3.66. The van der Waals surface area contributed by atoms with Crippen LogP contribution < -0.4 is 5.32 Å². The molecule has 0 unspecified atom stereocenters. The second-order valence-corrected chi connectivity index (χ2v) is 3.88. The van der Waals surface area contributed by atoms with E-state index in [2.05, 4.69) is 31.0 Å². The highest BCUT2D eigenvalue weighted by atomic mass is 79.9. The van der Waals surface area contributed by atoms with Crippen LogP contribution in [0.3, 0.4) is 0 Å². The highest BCUT2D eigenvalue weighted by molar-refractivity contribution is 9.10. The molecule has 17 heavy (non-hydrogen) atoms. The zero-order chi connectivity index (χ0) is 12.8. The number of methoxy groups -OCH3 is 1. The number of carbonyl (C=O) groups excluding carboxylic acids is 1. The van der Waals surface area contributed by atoms with Crippen LogP contribution in [0.15, 0.2) is 16.9 Å². The molecular weight excluding hydrogens is 294 g/mol. The average Bonchev–Trinajstić information content (AvgIpc) is 2.30. The summed E-state index contributed by atoms with van der Waals surface area (Å²) in [7, 11) is 1.28. The Kier molecular flexibility index (Phi) is 4.83. The molecule has 1 aromatic rings. The maximum Gasteiger partial charge on any atom is 0.311 e. The number of carbonyl (C=O) groups is 1. The lowest BCUT2D eigenvalue weighted by atomic mass is 10.3. The third-order valence-corrected chi connectivity index (χ3v) is 2.54. The minimum Gasteiger partial charge on any atom is -0.469 e. The molecule has 1 aromatic heterocycles. The number of anilines is 1. The molecule has 8 heteroatoms. The highest BCUT2D eigenvalue weighted by Crippen LogP contribution is 2.30. The van der Waals surface area contributed by atoms with E-state index < -0.39 is 4.92 Å². The summed E-state index contributed by atoms with van der Waals surface area (Å²) in [6, 6.07) is 0. The van der Waals surface area contributed by atoms with Gasteiger partial charge in [-0.3, -0.25) is 19.9 Å². The Hall–Kier alpha value is -1.70. The highest BCUT2D eigenvalue weighted by Gasteiger charge is 2.17. The van der Waals surface area contributed by atoms with Gasteiger partial charge in [0.25, 0.3) is 0 Å². The molecule has 0 aliphatic rings. The predicted octanol–water partition coefficient (Wildman–Crippen LogP) is 1.73. The van der Waals surface area contributed by atoms with E-state index in [1.165, 1.54) is 13.3 Å². The molecule has 1 rings (SSSR count). The van der Waals surface area contributed by atoms with Crippen molar-refractivity contribution in [3.63, 3.8) is 0 Å². The number of halogens is 1. The van der Waals surface area contributed by atoms with E-state index in [4.69, 9.17) is 0 Å². The lowest BCUT2D eigenvalue weighted by Gasteiger charge is -2.07. The van der Waals surface area contributed by atoms with Gasteiger partial charge in [-0.1, -0.05) is 0 Å². The number of hydrogen-bond acceptors (Lipinski definition) is 6. The minimum atomic E-state index is -0.543. The Balaban J connectivity index is 2.76. The molecule has 0 saturated carbocycles. The monoisotopic (exact) mass is 303 g/mol. The molecule has 1 N–H and O–H groups in total. The molecule has 0 fully saturated rings. The third-order valence-electron chi connectivity index (χ3n) is 1.93. The van der Waals surface area contributed by atoms with Crippen LogP contribution in [0.5, 0.6) is 0 Å². The van der Waals surface area contributed by atoms with Crippen molar-refractivity contribution in [2.24, 2.45) is 0 Å². The number of ether oxygens (including phenoxy) is 1. The largest absolute Gasteiger partial charge is 0.469 e. The summed E-state index contributed by atoms with van der Waals surface area (Å²) >= 11 is 3.15. The zero-order valence-corrected chi connectivity index (χ0v) is 10.6. The Labute approximate surface area is 105 Å². The van der Waals surface area contributed by atoms with Gasteiger partial charge in [0.2, 0.25) is 0 Å². The van der Waals surface area contributed by atoms with Crippen LogP contribution >= 0.6 is 15.9 Å². The molecular formula is C9H10BrN3O4. The summed E-state index contributed by atoms with van der Waals surface area (Å²) in [4.78, 5) is 24.8. The molecule has 0 radical (unpaired) electrons. The van der Waals surface area contributed by atoms with Crippen molar-refractivity contribution in [2.75, 3.05) is 19.0 Å². The number of pyridine rings is 1. The van der Waals surface area contributed by atoms with Crippen molar-refractivity contribution in [3.8, 4) is 0 Å². The van der Waals surface area contributed by atoms with Gasteiger partial charge in [0.15, 0.2) is 0 Å². The molecule has 7 nitrogen and oxygen atoms in total. The van der Waals surface area contributed by atoms with Crippen molar-refractivity contribution >= 4 is 33.3 Å². The van der Waals surface area contributed by atoms with E-state index in [1.54, 1.807) is 0 Å². The summed E-state index contributed by atoms with van der Waals surface area (Å²) in [5, 5.41) is 13.5. The van der Waals surface area contributed by atoms with Crippen LogP contribution in [0.2, 0.25) is 0 Å². The number of rotatable bonds is 5. The quantitative estimate of drug-likeness (QED) is 0.506. The van der Waals surface area contributed by atoms with Crippen molar-refractivity contribution in [1.82, 2.24) is 4.98 Å². The van der Waals surface area contributed by atoms with Crippen LogP contribution in [-0.2, 0) is 9.53 Å². The first kappa shape index (κ1) is 13.4. The van der Waals surface area contributed by atoms with Gasteiger partial charge in [-0.25, -0.2) is 0 Å². The van der Waals surface area contributed by atoms with Gasteiger partial charge in [0.1, 0.15) is 11.9 Å². The number of nitrogens with zero attached hydrogens (tertiary/aromatic N) is 2. The normalized spacial score (nSPS) is 9.76. The summed E-state index contributed by atoms with van der Waals surface area (Å²) in [6.07, 6.45) is 2.71. The molecule has 0 aliphatic carbocycles. The molecule has 0 aromatic carbocycles. The second kappa shape index (κ2) is 6.14. The van der Waals surface area contributed by atoms with E-state index in [1.807, 2.05) is 0 Å². The van der Waals surface area contributed by atoms with E-state index in [0.717, 1.165) is 6.20 Å². The van der Waals surface area contributed by atoms with Gasteiger partial charge in [-0.05, 0) is 15.9 Å². The standard InChI is InChI=1S/C9H10BrN3O4/c1-17-8(14)2-3-12-9-6(10)4-11-5-7(9)13(15)16/h4-5H,2-3H2,1H3,(H,11,12). The minimum absolute atomic E-state index is 0.127. The lowest BCUT2D eigenvalue weighted by Crippen LogP contribution is -2.11. The van der Waals surface area contributed by atoms with Gasteiger partial charge >= 0.3 is 11.7 Å². The van der Waals surface area contributed by atoms with Crippen LogP contribution in [0.25, 0.3) is 0 Å². The van der Waals surface area contributed by atoms with Gasteiger partial charge in [-0.2, -0.15) is 0 Å². The van der Waals surface area contributed by atoms with Crippen molar-refractivity contribution < 1.29 is 14.5 Å². The second-order valence-electron chi connectivity index (χ2n) is 3.03. The average molecular weight is 304 g/mol. The topological polar surface area (TPSA) is 94.4 Å². The van der Waals surface area contributed by atoms with E-state index in [9.17, 15) is 14.9 Å². The number of nitro groups is 1.